The standard InChI is InChI=1S/C29H36N4O3S/c1-4-37(35,36)24-15-10-21(11-16-24)12-17-27(34)32-18-25(22-8-6-5-7-9-22)26(19-32)29-28(23-13-14-23)30-33(31-29)20(2)3/h5-11,15-16,20,23,25-26H,4,12-14,17-19H2,1-3H3. The average Bonchev–Trinajstić information content (AvgIpc) is 3.49. The molecular formula is C29H36N4O3S. The zero-order valence-electron chi connectivity index (χ0n) is 21.9. The maximum absolute atomic E-state index is 13.4. The van der Waals surface area contributed by atoms with Crippen molar-refractivity contribution in [1.29, 1.82) is 0 Å². The van der Waals surface area contributed by atoms with Crippen LogP contribution < -0.4 is 0 Å². The second-order valence-electron chi connectivity index (χ2n) is 10.6. The normalized spacial score (nSPS) is 20.1. The molecule has 2 aliphatic rings. The molecule has 0 spiro atoms. The third kappa shape index (κ3) is 5.49. The van der Waals surface area contributed by atoms with Crippen LogP contribution in [0.15, 0.2) is 59.5 Å². The average molecular weight is 521 g/mol. The van der Waals surface area contributed by atoms with Crippen LogP contribution >= 0.6 is 0 Å². The smallest absolute Gasteiger partial charge is 0.222 e. The van der Waals surface area contributed by atoms with E-state index in [-0.39, 0.29) is 29.5 Å². The molecule has 7 nitrogen and oxygen atoms in total. The summed E-state index contributed by atoms with van der Waals surface area (Å²) < 4.78 is 24.2. The molecule has 1 aliphatic heterocycles. The summed E-state index contributed by atoms with van der Waals surface area (Å²) in [7, 11) is -3.22. The number of aryl methyl sites for hydroxylation is 1. The molecule has 1 saturated heterocycles. The van der Waals surface area contributed by atoms with Crippen molar-refractivity contribution < 1.29 is 13.2 Å². The van der Waals surface area contributed by atoms with Gasteiger partial charge < -0.3 is 4.90 Å². The Morgan fingerprint density at radius 3 is 2.22 bits per heavy atom. The molecule has 8 heteroatoms. The van der Waals surface area contributed by atoms with Crippen LogP contribution in [-0.4, -0.2) is 53.1 Å². The van der Waals surface area contributed by atoms with Crippen LogP contribution in [0, 0.1) is 0 Å². The first-order valence-corrected chi connectivity index (χ1v) is 15.0. The molecule has 0 radical (unpaired) electrons. The van der Waals surface area contributed by atoms with Crippen molar-refractivity contribution in [2.45, 2.75) is 75.1 Å². The summed E-state index contributed by atoms with van der Waals surface area (Å²) in [6.45, 7) is 7.15. The fourth-order valence-corrected chi connectivity index (χ4v) is 6.13. The van der Waals surface area contributed by atoms with Gasteiger partial charge >= 0.3 is 0 Å². The minimum Gasteiger partial charge on any atom is -0.341 e. The highest BCUT2D eigenvalue weighted by Crippen LogP contribution is 2.46. The molecule has 1 aliphatic carbocycles. The van der Waals surface area contributed by atoms with Crippen LogP contribution in [0.5, 0.6) is 0 Å². The predicted molar refractivity (Wildman–Crippen MR) is 143 cm³/mol. The van der Waals surface area contributed by atoms with Gasteiger partial charge in [-0.25, -0.2) is 8.42 Å². The number of carbonyl (C=O) groups is 1. The number of benzene rings is 2. The van der Waals surface area contributed by atoms with E-state index < -0.39 is 9.84 Å². The fourth-order valence-electron chi connectivity index (χ4n) is 5.25. The van der Waals surface area contributed by atoms with Gasteiger partial charge in [0.25, 0.3) is 0 Å². The Labute approximate surface area is 219 Å². The molecule has 2 aromatic carbocycles. The second-order valence-corrected chi connectivity index (χ2v) is 12.9. The number of sulfone groups is 1. The summed E-state index contributed by atoms with van der Waals surface area (Å²) in [5, 5.41) is 9.85. The van der Waals surface area contributed by atoms with Gasteiger partial charge in [0.15, 0.2) is 9.84 Å². The van der Waals surface area contributed by atoms with Crippen LogP contribution in [0.25, 0.3) is 0 Å². The number of nitrogens with zero attached hydrogens (tertiary/aromatic N) is 4. The summed E-state index contributed by atoms with van der Waals surface area (Å²) in [6, 6.07) is 17.6. The molecule has 5 rings (SSSR count). The molecule has 2 fully saturated rings. The number of hydrogen-bond acceptors (Lipinski definition) is 5. The largest absolute Gasteiger partial charge is 0.341 e. The first-order valence-electron chi connectivity index (χ1n) is 13.4. The van der Waals surface area contributed by atoms with Gasteiger partial charge in [0.2, 0.25) is 5.91 Å². The molecule has 2 unspecified atom stereocenters. The quantitative estimate of drug-likeness (QED) is 0.402. The number of amides is 1. The molecule has 37 heavy (non-hydrogen) atoms. The summed E-state index contributed by atoms with van der Waals surface area (Å²) in [6.07, 6.45) is 3.29. The van der Waals surface area contributed by atoms with Crippen LogP contribution in [0.4, 0.5) is 0 Å². The van der Waals surface area contributed by atoms with E-state index in [2.05, 4.69) is 38.1 Å². The lowest BCUT2D eigenvalue weighted by Crippen LogP contribution is -2.29. The lowest BCUT2D eigenvalue weighted by Gasteiger charge is -2.17. The van der Waals surface area contributed by atoms with Crippen molar-refractivity contribution in [3.8, 4) is 0 Å². The Morgan fingerprint density at radius 2 is 1.59 bits per heavy atom. The van der Waals surface area contributed by atoms with E-state index >= 15 is 0 Å². The van der Waals surface area contributed by atoms with Crippen molar-refractivity contribution in [3.63, 3.8) is 0 Å². The summed E-state index contributed by atoms with van der Waals surface area (Å²) >= 11 is 0. The first-order chi connectivity index (χ1) is 17.8. The Hall–Kier alpha value is -3.00. The van der Waals surface area contributed by atoms with E-state index in [0.717, 1.165) is 29.8 Å². The topological polar surface area (TPSA) is 85.2 Å². The highest BCUT2D eigenvalue weighted by Gasteiger charge is 2.42. The van der Waals surface area contributed by atoms with Gasteiger partial charge in [-0.2, -0.15) is 15.0 Å². The molecule has 1 aromatic heterocycles. The van der Waals surface area contributed by atoms with Gasteiger partial charge in [-0.3, -0.25) is 4.79 Å². The number of carbonyl (C=O) groups excluding carboxylic acids is 1. The van der Waals surface area contributed by atoms with E-state index in [4.69, 9.17) is 10.2 Å². The molecule has 1 amide bonds. The van der Waals surface area contributed by atoms with Crippen molar-refractivity contribution in [2.75, 3.05) is 18.8 Å². The van der Waals surface area contributed by atoms with Crippen molar-refractivity contribution in [1.82, 2.24) is 19.9 Å². The molecule has 1 saturated carbocycles. The van der Waals surface area contributed by atoms with E-state index in [1.165, 1.54) is 5.56 Å². The van der Waals surface area contributed by atoms with Gasteiger partial charge in [-0.05, 0) is 56.4 Å². The predicted octanol–water partition coefficient (Wildman–Crippen LogP) is 4.87. The Balaban J connectivity index is 1.34. The van der Waals surface area contributed by atoms with Crippen LogP contribution in [0.2, 0.25) is 0 Å². The van der Waals surface area contributed by atoms with Crippen molar-refractivity contribution >= 4 is 15.7 Å². The second kappa shape index (κ2) is 10.4. The van der Waals surface area contributed by atoms with Crippen LogP contribution in [0.1, 0.15) is 86.3 Å². The number of likely N-dealkylation sites (tertiary alicyclic amines) is 1. The Morgan fingerprint density at radius 1 is 0.946 bits per heavy atom. The number of aromatic nitrogens is 3. The zero-order chi connectivity index (χ0) is 26.2. The monoisotopic (exact) mass is 520 g/mol. The van der Waals surface area contributed by atoms with Gasteiger partial charge in [0, 0.05) is 37.3 Å². The van der Waals surface area contributed by atoms with Gasteiger partial charge in [0.1, 0.15) is 0 Å². The van der Waals surface area contributed by atoms with Crippen LogP contribution in [0.3, 0.4) is 0 Å². The molecule has 0 N–H and O–H groups in total. The van der Waals surface area contributed by atoms with Gasteiger partial charge in [0.05, 0.1) is 28.1 Å². The molecular weight excluding hydrogens is 484 g/mol. The van der Waals surface area contributed by atoms with Crippen molar-refractivity contribution in [2.24, 2.45) is 0 Å². The maximum Gasteiger partial charge on any atom is 0.222 e. The number of hydrogen-bond donors (Lipinski definition) is 0. The SMILES string of the molecule is CCS(=O)(=O)c1ccc(CCC(=O)N2CC(c3ccccc3)C(c3nn(C(C)C)nc3C3CC3)C2)cc1. The minimum absolute atomic E-state index is 0.0803. The van der Waals surface area contributed by atoms with Crippen molar-refractivity contribution in [3.05, 3.63) is 77.1 Å². The lowest BCUT2D eigenvalue weighted by atomic mass is 9.85. The van der Waals surface area contributed by atoms with E-state index in [1.807, 2.05) is 27.9 Å². The zero-order valence-corrected chi connectivity index (χ0v) is 22.7. The Bertz CT molecular complexity index is 1350. The highest BCUT2D eigenvalue weighted by atomic mass is 32.2. The summed E-state index contributed by atoms with van der Waals surface area (Å²) in [4.78, 5) is 17.5. The summed E-state index contributed by atoms with van der Waals surface area (Å²) in [5.41, 5.74) is 4.38. The highest BCUT2D eigenvalue weighted by molar-refractivity contribution is 7.91. The molecule has 196 valence electrons. The summed E-state index contributed by atoms with van der Waals surface area (Å²) in [5.74, 6) is 0.990. The fraction of sp³-hybridized carbons (Fsp3) is 0.483. The van der Waals surface area contributed by atoms with E-state index in [9.17, 15) is 13.2 Å². The minimum atomic E-state index is -3.22. The molecule has 2 atom stereocenters. The Kier molecular flexibility index (Phi) is 7.21. The first kappa shape index (κ1) is 25.6. The molecule has 3 aromatic rings. The number of rotatable bonds is 9. The van der Waals surface area contributed by atoms with E-state index in [0.29, 0.717) is 36.7 Å². The van der Waals surface area contributed by atoms with E-state index in [1.54, 1.807) is 19.1 Å². The third-order valence-corrected chi connectivity index (χ3v) is 9.40. The van der Waals surface area contributed by atoms with Gasteiger partial charge in [-0.1, -0.05) is 49.4 Å². The van der Waals surface area contributed by atoms with Gasteiger partial charge in [-0.15, -0.1) is 0 Å². The van der Waals surface area contributed by atoms with Crippen LogP contribution in [-0.2, 0) is 21.1 Å². The molecule has 2 heterocycles. The third-order valence-electron chi connectivity index (χ3n) is 7.65. The molecule has 0 bridgehead atoms. The maximum atomic E-state index is 13.4. The lowest BCUT2D eigenvalue weighted by molar-refractivity contribution is -0.130.